The maximum atomic E-state index is 12.4. The molecule has 0 unspecified atom stereocenters. The predicted octanol–water partition coefficient (Wildman–Crippen LogP) is 4.16. The molecule has 0 radical (unpaired) electrons. The average molecular weight is 538 g/mol. The zero-order valence-corrected chi connectivity index (χ0v) is 19.4. The Morgan fingerprint density at radius 3 is 2.37 bits per heavy atom. The highest BCUT2D eigenvalue weighted by atomic mass is 79.9. The van der Waals surface area contributed by atoms with E-state index in [1.807, 2.05) is 31.2 Å². The number of benzene rings is 2. The minimum Gasteiger partial charge on any atom is -0.487 e. The second-order valence-electron chi connectivity index (χ2n) is 6.54. The summed E-state index contributed by atoms with van der Waals surface area (Å²) in [4.78, 5) is 36.6. The standard InChI is InChI=1S/C21H18Br2N2O5/c1-12-3-5-13(6-4-12)11-30-19-15(22)7-14(8-16(19)23)9-17-20(27)25(21(28)24-17)10-18(26)29-2/h3-9H,10-11H2,1-2H3,(H,24,28)/b17-9+. The van der Waals surface area contributed by atoms with Gasteiger partial charge in [-0.15, -0.1) is 0 Å². The molecule has 2 aromatic carbocycles. The van der Waals surface area contributed by atoms with Gasteiger partial charge in [-0.25, -0.2) is 9.69 Å². The van der Waals surface area contributed by atoms with Crippen molar-refractivity contribution < 1.29 is 23.9 Å². The van der Waals surface area contributed by atoms with Crippen molar-refractivity contribution >= 4 is 55.8 Å². The highest BCUT2D eigenvalue weighted by molar-refractivity contribution is 9.11. The number of hydrogen-bond donors (Lipinski definition) is 1. The minimum absolute atomic E-state index is 0.0658. The number of nitrogens with one attached hydrogen (secondary N) is 1. The Morgan fingerprint density at radius 2 is 1.77 bits per heavy atom. The van der Waals surface area contributed by atoms with Gasteiger partial charge < -0.3 is 14.8 Å². The highest BCUT2D eigenvalue weighted by Crippen LogP contribution is 2.36. The molecule has 1 saturated heterocycles. The van der Waals surface area contributed by atoms with Crippen LogP contribution < -0.4 is 10.1 Å². The van der Waals surface area contributed by atoms with Crippen LogP contribution in [0.25, 0.3) is 6.08 Å². The normalized spacial score (nSPS) is 14.8. The SMILES string of the molecule is COC(=O)CN1C(=O)N/C(=C/c2cc(Br)c(OCc3ccc(C)cc3)c(Br)c2)C1=O. The van der Waals surface area contributed by atoms with Crippen molar-refractivity contribution in [2.24, 2.45) is 0 Å². The molecule has 1 fully saturated rings. The van der Waals surface area contributed by atoms with Gasteiger partial charge in [0, 0.05) is 0 Å². The number of urea groups is 1. The minimum atomic E-state index is -0.680. The Morgan fingerprint density at radius 1 is 1.13 bits per heavy atom. The van der Waals surface area contributed by atoms with E-state index in [-0.39, 0.29) is 5.70 Å². The van der Waals surface area contributed by atoms with Gasteiger partial charge in [-0.3, -0.25) is 9.59 Å². The maximum absolute atomic E-state index is 12.4. The predicted molar refractivity (Wildman–Crippen MR) is 118 cm³/mol. The Hall–Kier alpha value is -2.65. The third kappa shape index (κ3) is 5.09. The molecule has 1 heterocycles. The fourth-order valence-corrected chi connectivity index (χ4v) is 4.17. The summed E-state index contributed by atoms with van der Waals surface area (Å²) in [6.45, 7) is 1.98. The van der Waals surface area contributed by atoms with Crippen molar-refractivity contribution in [3.05, 3.63) is 67.7 Å². The van der Waals surface area contributed by atoms with Crippen LogP contribution in [0.1, 0.15) is 16.7 Å². The van der Waals surface area contributed by atoms with Gasteiger partial charge >= 0.3 is 12.0 Å². The van der Waals surface area contributed by atoms with Crippen molar-refractivity contribution in [1.29, 1.82) is 0 Å². The Kier molecular flexibility index (Phi) is 6.94. The number of hydrogen-bond acceptors (Lipinski definition) is 5. The summed E-state index contributed by atoms with van der Waals surface area (Å²) < 4.78 is 11.8. The van der Waals surface area contributed by atoms with E-state index in [4.69, 9.17) is 4.74 Å². The Bertz CT molecular complexity index is 1010. The smallest absolute Gasteiger partial charge is 0.329 e. The second-order valence-corrected chi connectivity index (χ2v) is 8.25. The number of imide groups is 1. The fourth-order valence-electron chi connectivity index (χ4n) is 2.72. The summed E-state index contributed by atoms with van der Waals surface area (Å²) in [5.41, 5.74) is 2.93. The van der Waals surface area contributed by atoms with E-state index in [2.05, 4.69) is 41.9 Å². The third-order valence-corrected chi connectivity index (χ3v) is 5.49. The molecular weight excluding hydrogens is 520 g/mol. The van der Waals surface area contributed by atoms with Gasteiger partial charge in [0.25, 0.3) is 5.91 Å². The van der Waals surface area contributed by atoms with E-state index in [1.165, 1.54) is 18.7 Å². The van der Waals surface area contributed by atoms with E-state index in [9.17, 15) is 14.4 Å². The topological polar surface area (TPSA) is 84.9 Å². The van der Waals surface area contributed by atoms with E-state index < -0.39 is 24.5 Å². The zero-order valence-electron chi connectivity index (χ0n) is 16.2. The lowest BCUT2D eigenvalue weighted by Crippen LogP contribution is -2.36. The van der Waals surface area contributed by atoms with Gasteiger partial charge in [0.1, 0.15) is 24.6 Å². The molecule has 9 heteroatoms. The lowest BCUT2D eigenvalue weighted by atomic mass is 10.1. The average Bonchev–Trinajstić information content (AvgIpc) is 2.96. The molecular formula is C21H18Br2N2O5. The number of rotatable bonds is 6. The van der Waals surface area contributed by atoms with Crippen molar-refractivity contribution in [2.75, 3.05) is 13.7 Å². The summed E-state index contributed by atoms with van der Waals surface area (Å²) in [6, 6.07) is 10.9. The maximum Gasteiger partial charge on any atom is 0.329 e. The zero-order chi connectivity index (χ0) is 21.8. The van der Waals surface area contributed by atoms with Gasteiger partial charge in [0.15, 0.2) is 0 Å². The second kappa shape index (κ2) is 9.44. The van der Waals surface area contributed by atoms with Crippen LogP contribution in [0.2, 0.25) is 0 Å². The molecule has 0 aliphatic carbocycles. The van der Waals surface area contributed by atoms with Gasteiger partial charge in [0.05, 0.1) is 16.1 Å². The highest BCUT2D eigenvalue weighted by Gasteiger charge is 2.35. The molecule has 1 N–H and O–H groups in total. The molecule has 0 atom stereocenters. The first kappa shape index (κ1) is 22.0. The van der Waals surface area contributed by atoms with Gasteiger partial charge in [-0.1, -0.05) is 29.8 Å². The van der Waals surface area contributed by atoms with E-state index in [1.54, 1.807) is 12.1 Å². The van der Waals surface area contributed by atoms with Crippen molar-refractivity contribution in [3.63, 3.8) is 0 Å². The molecule has 7 nitrogen and oxygen atoms in total. The number of nitrogens with zero attached hydrogens (tertiary/aromatic N) is 1. The van der Waals surface area contributed by atoms with Crippen molar-refractivity contribution in [1.82, 2.24) is 10.2 Å². The number of amides is 3. The summed E-state index contributed by atoms with van der Waals surface area (Å²) in [7, 11) is 1.19. The Labute approximate surface area is 190 Å². The molecule has 3 amide bonds. The van der Waals surface area contributed by atoms with Crippen LogP contribution in [0, 0.1) is 6.92 Å². The molecule has 0 bridgehead atoms. The van der Waals surface area contributed by atoms with Crippen LogP contribution >= 0.6 is 31.9 Å². The molecule has 2 aromatic rings. The molecule has 0 spiro atoms. The molecule has 0 saturated carbocycles. The number of carbonyl (C=O) groups excluding carboxylic acids is 3. The van der Waals surface area contributed by atoms with Crippen LogP contribution in [0.3, 0.4) is 0 Å². The quantitative estimate of drug-likeness (QED) is 0.340. The monoisotopic (exact) mass is 536 g/mol. The van der Waals surface area contributed by atoms with Crippen LogP contribution in [-0.2, 0) is 20.9 Å². The summed E-state index contributed by atoms with van der Waals surface area (Å²) in [5.74, 6) is -0.663. The number of esters is 1. The van der Waals surface area contributed by atoms with Crippen LogP contribution in [0.5, 0.6) is 5.75 Å². The Balaban J connectivity index is 1.76. The number of halogens is 2. The summed E-state index contributed by atoms with van der Waals surface area (Å²) >= 11 is 6.97. The molecule has 1 aliphatic rings. The van der Waals surface area contributed by atoms with Crippen LogP contribution in [0.4, 0.5) is 4.79 Å². The van der Waals surface area contributed by atoms with Crippen molar-refractivity contribution in [2.45, 2.75) is 13.5 Å². The van der Waals surface area contributed by atoms with Gasteiger partial charge in [-0.05, 0) is 68.1 Å². The first-order chi connectivity index (χ1) is 14.3. The largest absolute Gasteiger partial charge is 0.487 e. The number of methoxy groups -OCH3 is 1. The summed E-state index contributed by atoms with van der Waals surface area (Å²) in [5, 5.41) is 2.47. The summed E-state index contributed by atoms with van der Waals surface area (Å²) in [6.07, 6.45) is 1.52. The fraction of sp³-hybridized carbons (Fsp3) is 0.190. The molecule has 1 aliphatic heterocycles. The van der Waals surface area contributed by atoms with Gasteiger partial charge in [0.2, 0.25) is 0 Å². The lowest BCUT2D eigenvalue weighted by molar-refractivity contribution is -0.143. The van der Waals surface area contributed by atoms with E-state index >= 15 is 0 Å². The lowest BCUT2D eigenvalue weighted by Gasteiger charge is -2.12. The van der Waals surface area contributed by atoms with E-state index in [0.29, 0.717) is 26.9 Å². The molecule has 3 rings (SSSR count). The van der Waals surface area contributed by atoms with Crippen molar-refractivity contribution in [3.8, 4) is 5.75 Å². The molecule has 156 valence electrons. The first-order valence-corrected chi connectivity index (χ1v) is 10.5. The third-order valence-electron chi connectivity index (χ3n) is 4.31. The first-order valence-electron chi connectivity index (χ1n) is 8.87. The number of ether oxygens (including phenoxy) is 2. The molecule has 0 aromatic heterocycles. The van der Waals surface area contributed by atoms with Crippen LogP contribution in [0.15, 0.2) is 51.0 Å². The van der Waals surface area contributed by atoms with Crippen LogP contribution in [-0.4, -0.2) is 36.5 Å². The van der Waals surface area contributed by atoms with Gasteiger partial charge in [-0.2, -0.15) is 0 Å². The number of carbonyl (C=O) groups is 3. The number of aryl methyl sites for hydroxylation is 1. The van der Waals surface area contributed by atoms with E-state index in [0.717, 1.165) is 10.5 Å². The molecule has 30 heavy (non-hydrogen) atoms.